The number of thiophene rings is 1. The minimum atomic E-state index is -0.0981. The summed E-state index contributed by atoms with van der Waals surface area (Å²) in [4.78, 5) is 2.66. The number of benzene rings is 1. The molecule has 2 aromatic rings. The highest BCUT2D eigenvalue weighted by Gasteiger charge is 2.16. The van der Waals surface area contributed by atoms with E-state index in [-0.39, 0.29) is 11.9 Å². The van der Waals surface area contributed by atoms with Crippen molar-refractivity contribution in [2.24, 2.45) is 0 Å². The standard InChI is InChI=1S/C16H20FNS/c1-5-13-6-7-14(19-13)16(18-4)12-8-10(2)15(17)11(3)9-12/h6-9,16,18H,5H2,1-4H3. The van der Waals surface area contributed by atoms with Crippen molar-refractivity contribution < 1.29 is 4.39 Å². The zero-order valence-electron chi connectivity index (χ0n) is 11.9. The van der Waals surface area contributed by atoms with Gasteiger partial charge in [0.25, 0.3) is 0 Å². The molecule has 0 amide bonds. The third-order valence-corrected chi connectivity index (χ3v) is 4.69. The van der Waals surface area contributed by atoms with E-state index in [1.54, 1.807) is 0 Å². The SMILES string of the molecule is CCc1ccc(C(NC)c2cc(C)c(F)c(C)c2)s1. The van der Waals surface area contributed by atoms with E-state index in [0.717, 1.165) is 12.0 Å². The first-order chi connectivity index (χ1) is 9.06. The van der Waals surface area contributed by atoms with Gasteiger partial charge in [-0.15, -0.1) is 11.3 Å². The minimum Gasteiger partial charge on any atom is -0.309 e. The third-order valence-electron chi connectivity index (χ3n) is 3.40. The first-order valence-electron chi connectivity index (χ1n) is 6.59. The van der Waals surface area contributed by atoms with Crippen LogP contribution in [0.25, 0.3) is 0 Å². The Balaban J connectivity index is 2.42. The van der Waals surface area contributed by atoms with Crippen molar-refractivity contribution in [3.8, 4) is 0 Å². The molecular weight excluding hydrogens is 257 g/mol. The van der Waals surface area contributed by atoms with Crippen molar-refractivity contribution in [3.63, 3.8) is 0 Å². The van der Waals surface area contributed by atoms with Crippen LogP contribution in [-0.2, 0) is 6.42 Å². The molecule has 0 radical (unpaired) electrons. The number of hydrogen-bond donors (Lipinski definition) is 1. The summed E-state index contributed by atoms with van der Waals surface area (Å²) < 4.78 is 13.7. The molecule has 1 heterocycles. The molecule has 2 rings (SSSR count). The molecule has 1 unspecified atom stereocenters. The summed E-state index contributed by atoms with van der Waals surface area (Å²) in [5.74, 6) is -0.0981. The Bertz CT molecular complexity index is 551. The van der Waals surface area contributed by atoms with Crippen molar-refractivity contribution in [3.05, 3.63) is 56.5 Å². The van der Waals surface area contributed by atoms with Crippen molar-refractivity contribution in [2.75, 3.05) is 7.05 Å². The topological polar surface area (TPSA) is 12.0 Å². The van der Waals surface area contributed by atoms with Crippen LogP contribution in [0, 0.1) is 19.7 Å². The number of rotatable bonds is 4. The first-order valence-corrected chi connectivity index (χ1v) is 7.41. The van der Waals surface area contributed by atoms with Gasteiger partial charge in [-0.3, -0.25) is 0 Å². The van der Waals surface area contributed by atoms with Crippen molar-refractivity contribution in [1.29, 1.82) is 0 Å². The van der Waals surface area contributed by atoms with Gasteiger partial charge < -0.3 is 5.32 Å². The lowest BCUT2D eigenvalue weighted by Gasteiger charge is -2.17. The second-order valence-corrected chi connectivity index (χ2v) is 6.05. The molecule has 102 valence electrons. The van der Waals surface area contributed by atoms with Crippen LogP contribution in [-0.4, -0.2) is 7.05 Å². The predicted molar refractivity (Wildman–Crippen MR) is 80.5 cm³/mol. The largest absolute Gasteiger partial charge is 0.309 e. The Morgan fingerprint density at radius 3 is 2.32 bits per heavy atom. The van der Waals surface area contributed by atoms with Gasteiger partial charge in [-0.05, 0) is 56.1 Å². The predicted octanol–water partition coefficient (Wildman–Crippen LogP) is 4.38. The van der Waals surface area contributed by atoms with Gasteiger partial charge in [-0.2, -0.15) is 0 Å². The number of hydrogen-bond acceptors (Lipinski definition) is 2. The Morgan fingerprint density at radius 2 is 1.84 bits per heavy atom. The average molecular weight is 277 g/mol. The molecule has 1 aromatic carbocycles. The highest BCUT2D eigenvalue weighted by molar-refractivity contribution is 7.12. The third kappa shape index (κ3) is 2.88. The van der Waals surface area contributed by atoms with Crippen molar-refractivity contribution in [2.45, 2.75) is 33.2 Å². The quantitative estimate of drug-likeness (QED) is 0.874. The van der Waals surface area contributed by atoms with Gasteiger partial charge in [0.1, 0.15) is 5.82 Å². The van der Waals surface area contributed by atoms with E-state index in [9.17, 15) is 4.39 Å². The van der Waals surface area contributed by atoms with Crippen LogP contribution in [0.4, 0.5) is 4.39 Å². The van der Waals surface area contributed by atoms with E-state index in [1.807, 2.05) is 44.4 Å². The molecule has 1 atom stereocenters. The molecule has 0 saturated heterocycles. The molecule has 0 saturated carbocycles. The van der Waals surface area contributed by atoms with E-state index in [4.69, 9.17) is 0 Å². The summed E-state index contributed by atoms with van der Waals surface area (Å²) in [6, 6.07) is 8.36. The van der Waals surface area contributed by atoms with Gasteiger partial charge in [0.15, 0.2) is 0 Å². The van der Waals surface area contributed by atoms with Crippen LogP contribution in [0.1, 0.15) is 39.4 Å². The van der Waals surface area contributed by atoms with Crippen LogP contribution in [0.15, 0.2) is 24.3 Å². The Morgan fingerprint density at radius 1 is 1.21 bits per heavy atom. The molecule has 0 aliphatic heterocycles. The Kier molecular flexibility index (Phi) is 4.38. The summed E-state index contributed by atoms with van der Waals surface area (Å²) in [6.45, 7) is 5.81. The van der Waals surface area contributed by atoms with Crippen LogP contribution in [0.2, 0.25) is 0 Å². The van der Waals surface area contributed by atoms with E-state index < -0.39 is 0 Å². The summed E-state index contributed by atoms with van der Waals surface area (Å²) in [5, 5.41) is 3.33. The fourth-order valence-corrected chi connectivity index (χ4v) is 3.45. The number of aryl methyl sites for hydroxylation is 3. The molecule has 0 bridgehead atoms. The monoisotopic (exact) mass is 277 g/mol. The average Bonchev–Trinajstić information content (AvgIpc) is 2.85. The van der Waals surface area contributed by atoms with Gasteiger partial charge >= 0.3 is 0 Å². The molecule has 3 heteroatoms. The second-order valence-electron chi connectivity index (χ2n) is 4.85. The molecule has 0 aliphatic carbocycles. The highest BCUT2D eigenvalue weighted by atomic mass is 32.1. The summed E-state index contributed by atoms with van der Waals surface area (Å²) >= 11 is 1.82. The second kappa shape index (κ2) is 5.85. The summed E-state index contributed by atoms with van der Waals surface area (Å²) in [7, 11) is 1.95. The van der Waals surface area contributed by atoms with E-state index in [0.29, 0.717) is 11.1 Å². The van der Waals surface area contributed by atoms with Crippen molar-refractivity contribution >= 4 is 11.3 Å². The fraction of sp³-hybridized carbons (Fsp3) is 0.375. The maximum atomic E-state index is 13.7. The van der Waals surface area contributed by atoms with Gasteiger partial charge in [0.2, 0.25) is 0 Å². The van der Waals surface area contributed by atoms with Crippen molar-refractivity contribution in [1.82, 2.24) is 5.32 Å². The molecule has 0 spiro atoms. The smallest absolute Gasteiger partial charge is 0.129 e. The Hall–Kier alpha value is -1.19. The fourth-order valence-electron chi connectivity index (χ4n) is 2.36. The van der Waals surface area contributed by atoms with Gasteiger partial charge in [-0.1, -0.05) is 19.1 Å². The molecule has 1 N–H and O–H groups in total. The molecule has 1 nitrogen and oxygen atoms in total. The van der Waals surface area contributed by atoms with Crippen LogP contribution in [0.3, 0.4) is 0 Å². The Labute approximate surface area is 118 Å². The number of halogens is 1. The van der Waals surface area contributed by atoms with Crippen LogP contribution >= 0.6 is 11.3 Å². The van der Waals surface area contributed by atoms with E-state index in [2.05, 4.69) is 24.4 Å². The van der Waals surface area contributed by atoms with Gasteiger partial charge in [-0.25, -0.2) is 4.39 Å². The number of nitrogens with one attached hydrogen (secondary N) is 1. The van der Waals surface area contributed by atoms with E-state index in [1.165, 1.54) is 9.75 Å². The summed E-state index contributed by atoms with van der Waals surface area (Å²) in [6.07, 6.45) is 1.06. The lowest BCUT2D eigenvalue weighted by Crippen LogP contribution is -2.17. The van der Waals surface area contributed by atoms with Crippen LogP contribution < -0.4 is 5.32 Å². The summed E-state index contributed by atoms with van der Waals surface area (Å²) in [5.41, 5.74) is 2.55. The lowest BCUT2D eigenvalue weighted by atomic mass is 10.00. The zero-order valence-corrected chi connectivity index (χ0v) is 12.7. The normalized spacial score (nSPS) is 12.7. The molecule has 0 aliphatic rings. The maximum absolute atomic E-state index is 13.7. The first kappa shape index (κ1) is 14.2. The maximum Gasteiger partial charge on any atom is 0.129 e. The molecule has 19 heavy (non-hydrogen) atoms. The van der Waals surface area contributed by atoms with E-state index >= 15 is 0 Å². The van der Waals surface area contributed by atoms with Crippen LogP contribution in [0.5, 0.6) is 0 Å². The lowest BCUT2D eigenvalue weighted by molar-refractivity contribution is 0.605. The molecule has 1 aromatic heterocycles. The minimum absolute atomic E-state index is 0.0981. The highest BCUT2D eigenvalue weighted by Crippen LogP contribution is 2.30. The molecule has 0 fully saturated rings. The molecular formula is C16H20FNS. The van der Waals surface area contributed by atoms with Gasteiger partial charge in [0, 0.05) is 9.75 Å². The zero-order chi connectivity index (χ0) is 14.0. The van der Waals surface area contributed by atoms with Gasteiger partial charge in [0.05, 0.1) is 6.04 Å².